The zero-order chi connectivity index (χ0) is 6.57. The fourth-order valence-electron chi connectivity index (χ4n) is 0.208. The summed E-state index contributed by atoms with van der Waals surface area (Å²) in [4.78, 5) is 3.55. The van der Waals surface area contributed by atoms with Crippen LogP contribution in [0.3, 0.4) is 0 Å². The van der Waals surface area contributed by atoms with Gasteiger partial charge in [0.25, 0.3) is 0 Å². The summed E-state index contributed by atoms with van der Waals surface area (Å²) < 4.78 is 0. The SMILES string of the molecule is C/C(=N/C#N)C(C)C. The molecule has 0 rings (SSSR count). The van der Waals surface area contributed by atoms with Crippen LogP contribution in [0.1, 0.15) is 20.8 Å². The number of aliphatic imine (C=N–C) groups is 1. The molecule has 0 atom stereocenters. The van der Waals surface area contributed by atoms with Crippen LogP contribution in [0.4, 0.5) is 0 Å². The van der Waals surface area contributed by atoms with Gasteiger partial charge in [-0.15, -0.1) is 0 Å². The number of hydrogen-bond acceptors (Lipinski definition) is 2. The molecule has 0 unspecified atom stereocenters. The zero-order valence-electron chi connectivity index (χ0n) is 5.47. The first-order valence-corrected chi connectivity index (χ1v) is 2.61. The molecule has 2 nitrogen and oxygen atoms in total. The van der Waals surface area contributed by atoms with Crippen molar-refractivity contribution in [2.45, 2.75) is 20.8 Å². The molecule has 0 aliphatic carbocycles. The Morgan fingerprint density at radius 1 is 1.62 bits per heavy atom. The predicted octanol–water partition coefficient (Wildman–Crippen LogP) is 1.58. The molecule has 0 saturated heterocycles. The van der Waals surface area contributed by atoms with Crippen LogP contribution in [-0.2, 0) is 0 Å². The Balaban J connectivity index is 3.85. The summed E-state index contributed by atoms with van der Waals surface area (Å²) in [7, 11) is 0. The van der Waals surface area contributed by atoms with Crippen molar-refractivity contribution in [2.24, 2.45) is 10.9 Å². The maximum absolute atomic E-state index is 8.05. The minimum atomic E-state index is 0.398. The third-order valence-corrected chi connectivity index (χ3v) is 1.06. The molecule has 0 saturated carbocycles. The second kappa shape index (κ2) is 3.20. The summed E-state index contributed by atoms with van der Waals surface area (Å²) in [6.45, 7) is 5.88. The van der Waals surface area contributed by atoms with E-state index in [2.05, 4.69) is 4.99 Å². The van der Waals surface area contributed by atoms with E-state index in [1.807, 2.05) is 20.8 Å². The molecule has 0 N–H and O–H groups in total. The van der Waals surface area contributed by atoms with Crippen LogP contribution < -0.4 is 0 Å². The second-order valence-corrected chi connectivity index (χ2v) is 2.01. The normalized spacial score (nSPS) is 11.6. The number of rotatable bonds is 1. The number of nitriles is 1. The van der Waals surface area contributed by atoms with E-state index in [4.69, 9.17) is 5.26 Å². The van der Waals surface area contributed by atoms with E-state index in [0.29, 0.717) is 5.92 Å². The lowest BCUT2D eigenvalue weighted by Gasteiger charge is -1.97. The van der Waals surface area contributed by atoms with E-state index in [1.54, 1.807) is 6.19 Å². The maximum atomic E-state index is 8.05. The fourth-order valence-corrected chi connectivity index (χ4v) is 0.208. The number of nitrogens with zero attached hydrogens (tertiary/aromatic N) is 2. The Kier molecular flexibility index (Phi) is 2.86. The van der Waals surface area contributed by atoms with Crippen LogP contribution >= 0.6 is 0 Å². The summed E-state index contributed by atoms with van der Waals surface area (Å²) in [6, 6.07) is 0. The van der Waals surface area contributed by atoms with E-state index < -0.39 is 0 Å². The first kappa shape index (κ1) is 7.16. The fraction of sp³-hybridized carbons (Fsp3) is 0.667. The summed E-state index contributed by atoms with van der Waals surface area (Å²) >= 11 is 0. The monoisotopic (exact) mass is 110 g/mol. The molecule has 0 aromatic rings. The van der Waals surface area contributed by atoms with E-state index in [-0.39, 0.29) is 0 Å². The number of hydrogen-bond donors (Lipinski definition) is 0. The van der Waals surface area contributed by atoms with E-state index in [9.17, 15) is 0 Å². The van der Waals surface area contributed by atoms with Crippen molar-refractivity contribution in [1.29, 1.82) is 5.26 Å². The molecule has 0 heterocycles. The first-order valence-electron chi connectivity index (χ1n) is 2.61. The van der Waals surface area contributed by atoms with Gasteiger partial charge in [-0.1, -0.05) is 13.8 Å². The molecule has 0 aromatic carbocycles. The first-order chi connectivity index (χ1) is 3.68. The van der Waals surface area contributed by atoms with Gasteiger partial charge in [0.05, 0.1) is 0 Å². The molecule has 0 aliphatic rings. The van der Waals surface area contributed by atoms with Gasteiger partial charge in [0.15, 0.2) is 0 Å². The van der Waals surface area contributed by atoms with Gasteiger partial charge >= 0.3 is 0 Å². The van der Waals surface area contributed by atoms with Gasteiger partial charge in [-0.2, -0.15) is 10.3 Å². The summed E-state index contributed by atoms with van der Waals surface area (Å²) in [5, 5.41) is 8.05. The molecule has 0 amide bonds. The van der Waals surface area contributed by atoms with Crippen LogP contribution in [0, 0.1) is 17.4 Å². The van der Waals surface area contributed by atoms with Crippen molar-refractivity contribution in [2.75, 3.05) is 0 Å². The average Bonchev–Trinajstić information content (AvgIpc) is 1.67. The second-order valence-electron chi connectivity index (χ2n) is 2.01. The van der Waals surface area contributed by atoms with Crippen molar-refractivity contribution < 1.29 is 0 Å². The highest BCUT2D eigenvalue weighted by molar-refractivity contribution is 5.84. The topological polar surface area (TPSA) is 36.1 Å². The smallest absolute Gasteiger partial charge is 0.183 e. The van der Waals surface area contributed by atoms with Crippen LogP contribution in [0.2, 0.25) is 0 Å². The third kappa shape index (κ3) is 2.35. The van der Waals surface area contributed by atoms with Gasteiger partial charge in [0, 0.05) is 5.71 Å². The Bertz CT molecular complexity index is 128. The molecule has 0 bridgehead atoms. The highest BCUT2D eigenvalue weighted by Crippen LogP contribution is 1.94. The molecule has 8 heavy (non-hydrogen) atoms. The molecule has 0 aliphatic heterocycles. The summed E-state index contributed by atoms with van der Waals surface area (Å²) in [6.07, 6.45) is 1.74. The molecule has 44 valence electrons. The molecule has 2 heteroatoms. The highest BCUT2D eigenvalue weighted by atomic mass is 14.7. The van der Waals surface area contributed by atoms with E-state index in [1.165, 1.54) is 0 Å². The lowest BCUT2D eigenvalue weighted by Crippen LogP contribution is -1.99. The van der Waals surface area contributed by atoms with E-state index in [0.717, 1.165) is 5.71 Å². The van der Waals surface area contributed by atoms with Crippen molar-refractivity contribution in [3.8, 4) is 6.19 Å². The summed E-state index contributed by atoms with van der Waals surface area (Å²) in [5.41, 5.74) is 0.896. The van der Waals surface area contributed by atoms with Gasteiger partial charge in [0.1, 0.15) is 0 Å². The lowest BCUT2D eigenvalue weighted by molar-refractivity contribution is 0.879. The minimum Gasteiger partial charge on any atom is -0.183 e. The maximum Gasteiger partial charge on any atom is 0.205 e. The Morgan fingerprint density at radius 3 is 2.25 bits per heavy atom. The average molecular weight is 110 g/mol. The van der Waals surface area contributed by atoms with Crippen molar-refractivity contribution in [1.82, 2.24) is 0 Å². The van der Waals surface area contributed by atoms with Crippen molar-refractivity contribution in [3.05, 3.63) is 0 Å². The van der Waals surface area contributed by atoms with Crippen LogP contribution in [-0.4, -0.2) is 5.71 Å². The zero-order valence-corrected chi connectivity index (χ0v) is 5.47. The molecule has 0 spiro atoms. The van der Waals surface area contributed by atoms with Crippen molar-refractivity contribution in [3.63, 3.8) is 0 Å². The van der Waals surface area contributed by atoms with Gasteiger partial charge < -0.3 is 0 Å². The Labute approximate surface area is 49.9 Å². The van der Waals surface area contributed by atoms with Gasteiger partial charge in [0.2, 0.25) is 6.19 Å². The van der Waals surface area contributed by atoms with Gasteiger partial charge in [-0.3, -0.25) is 0 Å². The summed E-state index contributed by atoms with van der Waals surface area (Å²) in [5.74, 6) is 0.398. The molecule has 0 aromatic heterocycles. The quantitative estimate of drug-likeness (QED) is 0.373. The minimum absolute atomic E-state index is 0.398. The standard InChI is InChI=1S/C6H10N2/c1-5(2)6(3)8-4-7/h5H,1-3H3/b8-6-. The van der Waals surface area contributed by atoms with Crippen LogP contribution in [0.15, 0.2) is 4.99 Å². The molecular weight excluding hydrogens is 100 g/mol. The van der Waals surface area contributed by atoms with Crippen LogP contribution in [0.25, 0.3) is 0 Å². The van der Waals surface area contributed by atoms with Crippen molar-refractivity contribution >= 4 is 5.71 Å². The molecule has 0 radical (unpaired) electrons. The predicted molar refractivity (Wildman–Crippen MR) is 33.6 cm³/mol. The lowest BCUT2D eigenvalue weighted by atomic mass is 10.1. The Morgan fingerprint density at radius 2 is 2.12 bits per heavy atom. The molecular formula is C6H10N2. The third-order valence-electron chi connectivity index (χ3n) is 1.06. The van der Waals surface area contributed by atoms with Gasteiger partial charge in [-0.05, 0) is 12.8 Å². The molecule has 0 fully saturated rings. The highest BCUT2D eigenvalue weighted by Gasteiger charge is 1.94. The van der Waals surface area contributed by atoms with E-state index >= 15 is 0 Å². The largest absolute Gasteiger partial charge is 0.205 e. The Hall–Kier alpha value is -0.840. The van der Waals surface area contributed by atoms with Gasteiger partial charge in [-0.25, -0.2) is 0 Å². The van der Waals surface area contributed by atoms with Crippen LogP contribution in [0.5, 0.6) is 0 Å².